The molecular weight excluding hydrogens is 293 g/mol. The summed E-state index contributed by atoms with van der Waals surface area (Å²) >= 11 is 0. The molecule has 4 heteroatoms. The summed E-state index contributed by atoms with van der Waals surface area (Å²) in [6, 6.07) is 6.57. The molecule has 0 aromatic heterocycles. The molecule has 2 rings (SSSR count). The third kappa shape index (κ3) is 4.77. The van der Waals surface area contributed by atoms with Crippen molar-refractivity contribution in [1.82, 2.24) is 4.90 Å². The van der Waals surface area contributed by atoms with E-state index < -0.39 is 0 Å². The number of carbonyl (C=O) groups is 1. The molecule has 1 unspecified atom stereocenters. The lowest BCUT2D eigenvalue weighted by Gasteiger charge is -2.42. The number of carbonyl (C=O) groups excluding carboxylic acids is 1. The number of ether oxygens (including phenoxy) is 1. The van der Waals surface area contributed by atoms with Gasteiger partial charge in [0.25, 0.3) is 0 Å². The van der Waals surface area contributed by atoms with Crippen molar-refractivity contribution >= 4 is 5.91 Å². The maximum absolute atomic E-state index is 13.2. The van der Waals surface area contributed by atoms with E-state index in [0.29, 0.717) is 32.1 Å². The summed E-state index contributed by atoms with van der Waals surface area (Å²) in [5.74, 6) is 0.531. The molecular formula is C19H28FNO2. The molecule has 1 aromatic carbocycles. The first-order valence-electron chi connectivity index (χ1n) is 8.43. The van der Waals surface area contributed by atoms with Gasteiger partial charge in [0.2, 0.25) is 5.91 Å². The van der Waals surface area contributed by atoms with E-state index in [9.17, 15) is 9.18 Å². The fourth-order valence-electron chi connectivity index (χ4n) is 3.28. The molecule has 1 amide bonds. The van der Waals surface area contributed by atoms with Crippen LogP contribution in [0.2, 0.25) is 0 Å². The second-order valence-electron chi connectivity index (χ2n) is 7.49. The van der Waals surface area contributed by atoms with E-state index >= 15 is 0 Å². The molecule has 1 heterocycles. The number of hydrogen-bond donors (Lipinski definition) is 0. The van der Waals surface area contributed by atoms with Gasteiger partial charge in [0.15, 0.2) is 0 Å². The van der Waals surface area contributed by atoms with Crippen molar-refractivity contribution in [3.05, 3.63) is 35.6 Å². The molecule has 3 nitrogen and oxygen atoms in total. The highest BCUT2D eigenvalue weighted by molar-refractivity contribution is 5.78. The van der Waals surface area contributed by atoms with E-state index in [0.717, 1.165) is 12.0 Å². The minimum atomic E-state index is -0.263. The number of hydrogen-bond acceptors (Lipinski definition) is 2. The molecule has 128 valence electrons. The molecule has 1 aliphatic heterocycles. The van der Waals surface area contributed by atoms with Crippen LogP contribution in [0.3, 0.4) is 0 Å². The predicted octanol–water partition coefficient (Wildman–Crippen LogP) is 3.98. The van der Waals surface area contributed by atoms with Crippen LogP contribution in [0.1, 0.15) is 52.0 Å². The van der Waals surface area contributed by atoms with Crippen LogP contribution in [0.4, 0.5) is 4.39 Å². The number of amides is 1. The van der Waals surface area contributed by atoms with E-state index in [1.807, 2.05) is 18.7 Å². The van der Waals surface area contributed by atoms with Gasteiger partial charge >= 0.3 is 0 Å². The van der Waals surface area contributed by atoms with E-state index in [1.165, 1.54) is 12.1 Å². The maximum atomic E-state index is 13.2. The highest BCUT2D eigenvalue weighted by Gasteiger charge is 2.35. The van der Waals surface area contributed by atoms with Crippen molar-refractivity contribution in [1.29, 1.82) is 0 Å². The summed E-state index contributed by atoms with van der Waals surface area (Å²) in [6.07, 6.45) is 1.38. The molecule has 0 bridgehead atoms. The van der Waals surface area contributed by atoms with Crippen molar-refractivity contribution in [2.24, 2.45) is 5.92 Å². The summed E-state index contributed by atoms with van der Waals surface area (Å²) < 4.78 is 18.7. The van der Waals surface area contributed by atoms with Crippen molar-refractivity contribution in [3.63, 3.8) is 0 Å². The molecule has 0 aliphatic carbocycles. The topological polar surface area (TPSA) is 29.5 Å². The van der Waals surface area contributed by atoms with E-state index in [-0.39, 0.29) is 23.2 Å². The molecule has 0 spiro atoms. The van der Waals surface area contributed by atoms with Gasteiger partial charge in [-0.05, 0) is 49.8 Å². The Hall–Kier alpha value is -1.42. The van der Waals surface area contributed by atoms with Crippen LogP contribution in [0.25, 0.3) is 0 Å². The summed E-state index contributed by atoms with van der Waals surface area (Å²) in [6.45, 7) is 10.2. The SMILES string of the molecule is CC(C)CC(CC(=O)N1CCOCC1(C)C)c1ccc(F)cc1. The van der Waals surface area contributed by atoms with Crippen LogP contribution in [0.5, 0.6) is 0 Å². The van der Waals surface area contributed by atoms with Gasteiger partial charge in [-0.2, -0.15) is 0 Å². The lowest BCUT2D eigenvalue weighted by Crippen LogP contribution is -2.55. The van der Waals surface area contributed by atoms with Gasteiger partial charge in [-0.15, -0.1) is 0 Å². The van der Waals surface area contributed by atoms with Gasteiger partial charge in [-0.25, -0.2) is 4.39 Å². The maximum Gasteiger partial charge on any atom is 0.223 e. The standard InChI is InChI=1S/C19H28FNO2/c1-14(2)11-16(15-5-7-17(20)8-6-15)12-18(22)21-9-10-23-13-19(21,3)4/h5-8,14,16H,9-13H2,1-4H3. The Morgan fingerprint density at radius 2 is 1.96 bits per heavy atom. The molecule has 0 radical (unpaired) electrons. The number of benzene rings is 1. The lowest BCUT2D eigenvalue weighted by molar-refractivity contribution is -0.146. The smallest absolute Gasteiger partial charge is 0.223 e. The third-order valence-electron chi connectivity index (χ3n) is 4.46. The molecule has 0 saturated carbocycles. The molecule has 23 heavy (non-hydrogen) atoms. The Bertz CT molecular complexity index is 525. The highest BCUT2D eigenvalue weighted by Crippen LogP contribution is 2.30. The number of rotatable bonds is 5. The van der Waals surface area contributed by atoms with Crippen molar-refractivity contribution in [3.8, 4) is 0 Å². The molecule has 1 aliphatic rings. The van der Waals surface area contributed by atoms with E-state index in [1.54, 1.807) is 12.1 Å². The van der Waals surface area contributed by atoms with Gasteiger partial charge < -0.3 is 9.64 Å². The zero-order valence-electron chi connectivity index (χ0n) is 14.6. The first-order chi connectivity index (χ1) is 10.8. The fourth-order valence-corrected chi connectivity index (χ4v) is 3.28. The first-order valence-corrected chi connectivity index (χ1v) is 8.43. The minimum absolute atomic E-state index is 0.127. The van der Waals surface area contributed by atoms with Crippen molar-refractivity contribution < 1.29 is 13.9 Å². The molecule has 1 atom stereocenters. The summed E-state index contributed by atoms with van der Waals surface area (Å²) in [4.78, 5) is 14.8. The second-order valence-corrected chi connectivity index (χ2v) is 7.49. The number of nitrogens with zero attached hydrogens (tertiary/aromatic N) is 1. The minimum Gasteiger partial charge on any atom is -0.377 e. The van der Waals surface area contributed by atoms with Gasteiger partial charge in [-0.3, -0.25) is 4.79 Å². The Labute approximate surface area is 138 Å². The monoisotopic (exact) mass is 321 g/mol. The van der Waals surface area contributed by atoms with Gasteiger partial charge in [-0.1, -0.05) is 26.0 Å². The van der Waals surface area contributed by atoms with Crippen LogP contribution in [-0.4, -0.2) is 36.1 Å². The Morgan fingerprint density at radius 1 is 1.30 bits per heavy atom. The zero-order chi connectivity index (χ0) is 17.0. The summed E-state index contributed by atoms with van der Waals surface area (Å²) in [5, 5.41) is 0. The molecule has 1 fully saturated rings. The highest BCUT2D eigenvalue weighted by atomic mass is 19.1. The first kappa shape index (κ1) is 17.9. The zero-order valence-corrected chi connectivity index (χ0v) is 14.6. The van der Waals surface area contributed by atoms with Crippen LogP contribution in [0.15, 0.2) is 24.3 Å². The van der Waals surface area contributed by atoms with Crippen LogP contribution >= 0.6 is 0 Å². The quantitative estimate of drug-likeness (QED) is 0.821. The average Bonchev–Trinajstić information content (AvgIpc) is 2.46. The predicted molar refractivity (Wildman–Crippen MR) is 89.8 cm³/mol. The van der Waals surface area contributed by atoms with Crippen molar-refractivity contribution in [2.45, 2.75) is 52.0 Å². The second kappa shape index (κ2) is 7.43. The van der Waals surface area contributed by atoms with Gasteiger partial charge in [0.1, 0.15) is 5.82 Å². The third-order valence-corrected chi connectivity index (χ3v) is 4.46. The molecule has 0 N–H and O–H groups in total. The fraction of sp³-hybridized carbons (Fsp3) is 0.632. The van der Waals surface area contributed by atoms with Crippen LogP contribution < -0.4 is 0 Å². The largest absolute Gasteiger partial charge is 0.377 e. The Morgan fingerprint density at radius 3 is 2.52 bits per heavy atom. The van der Waals surface area contributed by atoms with Crippen LogP contribution in [-0.2, 0) is 9.53 Å². The average molecular weight is 321 g/mol. The normalized spacial score (nSPS) is 19.0. The van der Waals surface area contributed by atoms with Crippen molar-refractivity contribution in [2.75, 3.05) is 19.8 Å². The molecule has 1 saturated heterocycles. The van der Waals surface area contributed by atoms with Gasteiger partial charge in [0, 0.05) is 13.0 Å². The number of halogens is 1. The van der Waals surface area contributed by atoms with Crippen LogP contribution in [0, 0.1) is 11.7 Å². The Kier molecular flexibility index (Phi) is 5.79. The molecule has 1 aromatic rings. The summed E-state index contributed by atoms with van der Waals surface area (Å²) in [5.41, 5.74) is 0.778. The van der Waals surface area contributed by atoms with E-state index in [4.69, 9.17) is 4.74 Å². The number of morpholine rings is 1. The van der Waals surface area contributed by atoms with E-state index in [2.05, 4.69) is 13.8 Å². The lowest BCUT2D eigenvalue weighted by atomic mass is 9.86. The summed E-state index contributed by atoms with van der Waals surface area (Å²) in [7, 11) is 0. The Balaban J connectivity index is 2.13. The van der Waals surface area contributed by atoms with Gasteiger partial charge in [0.05, 0.1) is 18.8 Å².